The molecule has 21 heterocycles. The molecule has 0 aliphatic carbocycles. The molecule has 23 N–H and O–H groups in total. The molecular formula is C61H71F2N29O30P6S6. The minimum Gasteiger partial charge on any atom is -0.387 e. The number of imidazole rings is 5. The number of nitrogens with two attached hydrogens (primary N) is 6. The highest BCUT2D eigenvalue weighted by Crippen LogP contribution is 2.61. The lowest BCUT2D eigenvalue weighted by Crippen LogP contribution is -2.36. The maximum Gasteiger partial charge on any atom is 0.386 e. The number of halogens is 2. The number of aliphatic hydroxyl groups excluding tert-OH is 3. The Morgan fingerprint density at radius 3 is 1.16 bits per heavy atom. The predicted octanol–water partition coefficient (Wildman–Crippen LogP) is -1.92. The number of anilines is 6. The van der Waals surface area contributed by atoms with Crippen LogP contribution in [0.25, 0.3) is 66.9 Å². The summed E-state index contributed by atoms with van der Waals surface area (Å²) in [5.74, 6) is -0.274. The van der Waals surface area contributed by atoms with Crippen LogP contribution in [-0.2, 0) is 146 Å². The molecule has 0 saturated carbocycles. The highest BCUT2D eigenvalue weighted by molar-refractivity contribution is 8.44. The van der Waals surface area contributed by atoms with E-state index in [4.69, 9.17) is 176 Å². The number of nitrogens with zero attached hydrogens (tertiary/aromatic N) is 20. The van der Waals surface area contributed by atoms with Gasteiger partial charge in [0.25, 0.3) is 16.7 Å². The fraction of sp³-hybridized carbons (Fsp3) is 0.492. The molecule has 9 saturated heterocycles. The van der Waals surface area contributed by atoms with E-state index in [1.54, 1.807) is 12.3 Å². The molecule has 12 aromatic heterocycles. The van der Waals surface area contributed by atoms with Crippen LogP contribution in [0.4, 0.5) is 44.1 Å². The number of H-pyrrole nitrogens is 3. The van der Waals surface area contributed by atoms with Gasteiger partial charge in [0, 0.05) is 12.6 Å². The number of aromatic amines is 3. The summed E-state index contributed by atoms with van der Waals surface area (Å²) in [5.41, 5.74) is 33.8. The first-order valence-corrected chi connectivity index (χ1v) is 54.5. The Morgan fingerprint density at radius 2 is 0.716 bits per heavy atom. The second-order valence-corrected chi connectivity index (χ2v) is 47.2. The molecule has 134 heavy (non-hydrogen) atoms. The summed E-state index contributed by atoms with van der Waals surface area (Å²) >= 11 is 30.2. The first-order valence-electron chi connectivity index (χ1n) is 38.8. The Balaban J connectivity index is 0.000000129. The third kappa shape index (κ3) is 18.6. The number of ether oxygens (including phenoxy) is 6. The number of aliphatic hydroxyl groups is 3. The maximum atomic E-state index is 16.0. The van der Waals surface area contributed by atoms with E-state index >= 15 is 8.78 Å². The summed E-state index contributed by atoms with van der Waals surface area (Å²) in [6.45, 7) is -28.4. The Bertz CT molecular complexity index is 6830. The Hall–Kier alpha value is -7.78. The summed E-state index contributed by atoms with van der Waals surface area (Å²) in [6.07, 6.45) is -20.3. The summed E-state index contributed by atoms with van der Waals surface area (Å²) in [6, 6.07) is 1.65. The number of fused-ring (bicyclic) bond motifs is 15. The molecule has 9 fully saturated rings. The summed E-state index contributed by atoms with van der Waals surface area (Å²) in [7, 11) is 0. The summed E-state index contributed by atoms with van der Waals surface area (Å²) in [5, 5.41) is 34.1. The van der Waals surface area contributed by atoms with Gasteiger partial charge in [0.1, 0.15) is 127 Å². The van der Waals surface area contributed by atoms with E-state index in [1.165, 1.54) is 78.0 Å². The van der Waals surface area contributed by atoms with Crippen LogP contribution in [0.3, 0.4) is 0 Å². The van der Waals surface area contributed by atoms with Crippen molar-refractivity contribution in [3.63, 3.8) is 0 Å². The van der Waals surface area contributed by atoms with Crippen LogP contribution in [0.5, 0.6) is 0 Å². The molecule has 0 amide bonds. The van der Waals surface area contributed by atoms with Gasteiger partial charge in [-0.3, -0.25) is 83.8 Å². The molecule has 12 aromatic rings. The van der Waals surface area contributed by atoms with E-state index in [1.807, 2.05) is 0 Å². The zero-order valence-corrected chi connectivity index (χ0v) is 77.2. The van der Waals surface area contributed by atoms with Crippen LogP contribution < -0.4 is 51.1 Å². The van der Waals surface area contributed by atoms with Gasteiger partial charge < -0.3 is 130 Å². The van der Waals surface area contributed by atoms with Crippen molar-refractivity contribution in [2.45, 2.75) is 148 Å². The van der Waals surface area contributed by atoms with Crippen LogP contribution in [0.1, 0.15) is 43.8 Å². The number of aromatic nitrogens is 23. The lowest BCUT2D eigenvalue weighted by atomic mass is 10.1. The quantitative estimate of drug-likeness (QED) is 0.0637. The largest absolute Gasteiger partial charge is 0.387 e. The first kappa shape index (κ1) is 95.2. The third-order valence-corrected chi connectivity index (χ3v) is 31.3. The van der Waals surface area contributed by atoms with Gasteiger partial charge in [-0.2, -0.15) is 15.0 Å². The van der Waals surface area contributed by atoms with Crippen molar-refractivity contribution in [1.29, 1.82) is 0 Å². The Labute approximate surface area is 772 Å². The van der Waals surface area contributed by atoms with Gasteiger partial charge in [-0.1, -0.05) is 12.2 Å². The SMILES string of the molecule is Nc1nc2c(ncn2[C@@H]2OC3COP(O)(=S)O[C@H]4[C@@H](O)[C@H](n5ccc6c(N)ncnc65)O[C@@H]4COP(=O)(S)O[C@@H]2C3)c(=O)[nH]1.Nc1nc2c(ncn2[C@@H]2O[C@@H]3COP(O)(=S)OC4[C@@H](COP(O)(=S)O[C@H]2C3O)O[C@@H](n2cnc3c(N)ncnc32)[C@H]4F)c(=O)[nH]1.Nc1nc2c(ncn2[C@@H]2O[C@@H]3COP(O)(=S)OC4[C@@H](COP(O)(=S)O[C@H]2C3O)O[C@@H](n2cnc3c(N)ncnc32)[C@H]4F)c(=O)[nH]1. The van der Waals surface area contributed by atoms with Gasteiger partial charge in [0.2, 0.25) is 17.8 Å². The van der Waals surface area contributed by atoms with E-state index in [0.29, 0.717) is 11.0 Å². The molecule has 29 atom stereocenters. The number of hydrogen-bond donors (Lipinski definition) is 18. The van der Waals surface area contributed by atoms with Crippen molar-refractivity contribution in [3.05, 3.63) is 93.9 Å². The summed E-state index contributed by atoms with van der Waals surface area (Å²) < 4.78 is 157. The van der Waals surface area contributed by atoms with Crippen LogP contribution in [0, 0.1) is 0 Å². The number of alkyl halides is 2. The van der Waals surface area contributed by atoms with Gasteiger partial charge in [0.15, 0.2) is 106 Å². The monoisotopic (exact) mass is 2110 g/mol. The van der Waals surface area contributed by atoms with E-state index in [9.17, 15) is 58.7 Å². The van der Waals surface area contributed by atoms with E-state index in [-0.39, 0.29) is 104 Å². The molecule has 0 radical (unpaired) electrons. The van der Waals surface area contributed by atoms with Crippen LogP contribution in [-0.4, -0.2) is 295 Å². The lowest BCUT2D eigenvalue weighted by Gasteiger charge is -2.27. The molecule has 0 spiro atoms. The summed E-state index contributed by atoms with van der Waals surface area (Å²) in [4.78, 5) is 156. The normalized spacial score (nSPS) is 37.3. The van der Waals surface area contributed by atoms with Crippen LogP contribution >= 0.6 is 52.6 Å². The molecule has 720 valence electrons. The third-order valence-electron chi connectivity index (χ3n) is 21.9. The predicted molar refractivity (Wildman–Crippen MR) is 469 cm³/mol. The molecule has 21 rings (SSSR count). The molecule has 73 heteroatoms. The fourth-order valence-corrected chi connectivity index (χ4v) is 24.6. The molecule has 59 nitrogen and oxygen atoms in total. The van der Waals surface area contributed by atoms with E-state index in [0.717, 1.165) is 0 Å². The topological polar surface area (TPSA) is 810 Å². The van der Waals surface area contributed by atoms with Gasteiger partial charge in [-0.25, -0.2) is 68.2 Å². The van der Waals surface area contributed by atoms with Crippen molar-refractivity contribution < 1.29 is 136 Å². The minimum atomic E-state index is -4.27. The molecule has 9 aliphatic heterocycles. The number of nitrogen functional groups attached to an aromatic ring is 6. The Kier molecular flexibility index (Phi) is 25.9. The molecule has 0 aromatic carbocycles. The van der Waals surface area contributed by atoms with Gasteiger partial charge in [0.05, 0.1) is 82.8 Å². The van der Waals surface area contributed by atoms with Crippen molar-refractivity contribution in [2.75, 3.05) is 74.0 Å². The number of hydrogen-bond acceptors (Lipinski definition) is 50. The first-order chi connectivity index (χ1) is 63.5. The smallest absolute Gasteiger partial charge is 0.386 e. The fourth-order valence-electron chi connectivity index (χ4n) is 16.0. The zero-order chi connectivity index (χ0) is 94.6. The van der Waals surface area contributed by atoms with Crippen molar-refractivity contribution in [3.8, 4) is 0 Å². The average molecular weight is 2110 g/mol. The molecule has 11 unspecified atom stereocenters. The maximum absolute atomic E-state index is 16.0. The van der Waals surface area contributed by atoms with E-state index < -0.39 is 231 Å². The lowest BCUT2D eigenvalue weighted by molar-refractivity contribution is -0.0602. The second kappa shape index (κ2) is 36.5. The van der Waals surface area contributed by atoms with Gasteiger partial charge in [-0.05, 0) is 65.1 Å². The van der Waals surface area contributed by atoms with Crippen molar-refractivity contribution in [1.82, 2.24) is 112 Å². The minimum absolute atomic E-state index is 0.0117. The number of nitrogens with one attached hydrogen (secondary N) is 3. The van der Waals surface area contributed by atoms with Crippen molar-refractivity contribution in [2.24, 2.45) is 0 Å². The Morgan fingerprint density at radius 1 is 0.373 bits per heavy atom. The standard InChI is InChI=1S/C21H25N9O10P2S2.2C20H23FN10O10P2S2/c22-15-9-1-2-29(16(9)25-6-24-15)20-13(31)14-11(38-20)5-36-41(33,43)39-10-3-8(4-35-42(34,44)40-14)37-19(10)30-7-26-12-17(30)27-21(23)28-18(12)32;2*21-8-12-7(39-18(8)30-4-26-9-14(22)24-3-25-15(9)30)2-37-43(35,45)41-13-11(32)6(1-36-42(34,44)40-12)38-19(13)31-5-27-10-16(31)28-20(23)29-17(10)33/h1-2,6-8,10-11,13-14,19-20,31H,3-5H2,(H,33,43)(H,34,44)(H2,22,24,25)(H3,23,27,28,32);2*3-8,11-13,18-19,32H,1-2H2,(H,34,44)(H,35,45)(H2,22,24,25)(H3,23,28,29,33)/t8?,10-,11-,13-,14-,19-,20-,41?,42?;2*6-,7-,8+,11?,12?,13+,18-,19-,42?,43?/m111/s1. The van der Waals surface area contributed by atoms with E-state index in [2.05, 4.69) is 97.0 Å². The van der Waals surface area contributed by atoms with Gasteiger partial charge >= 0.3 is 40.4 Å². The second-order valence-electron chi connectivity index (χ2n) is 30.4. The van der Waals surface area contributed by atoms with Crippen molar-refractivity contribution >= 4 is 214 Å². The average Bonchev–Trinajstić information content (AvgIpc) is 1.62. The highest BCUT2D eigenvalue weighted by Gasteiger charge is 2.58. The van der Waals surface area contributed by atoms with Crippen LogP contribution in [0.15, 0.2) is 77.3 Å². The molecule has 6 bridgehead atoms. The number of rotatable bonds is 6. The van der Waals surface area contributed by atoms with Crippen LogP contribution in [0.2, 0.25) is 0 Å². The molecule has 9 aliphatic rings. The number of thiol groups is 1. The zero-order valence-electron chi connectivity index (χ0n) is 66.9. The highest BCUT2D eigenvalue weighted by atomic mass is 32.7. The van der Waals surface area contributed by atoms with Gasteiger partial charge in [-0.15, -0.1) is 0 Å². The molecular weight excluding hydrogens is 2040 g/mol.